The van der Waals surface area contributed by atoms with Crippen LogP contribution in [0.15, 0.2) is 0 Å². The summed E-state index contributed by atoms with van der Waals surface area (Å²) in [6.45, 7) is 4.63. The van der Waals surface area contributed by atoms with Gasteiger partial charge < -0.3 is 9.80 Å². The van der Waals surface area contributed by atoms with Crippen LogP contribution in [0.1, 0.15) is 19.8 Å². The molecule has 0 saturated carbocycles. The third-order valence-electron chi connectivity index (χ3n) is 1.97. The van der Waals surface area contributed by atoms with E-state index >= 15 is 0 Å². The van der Waals surface area contributed by atoms with Gasteiger partial charge in [0, 0.05) is 31.9 Å². The van der Waals surface area contributed by atoms with Gasteiger partial charge in [0.15, 0.2) is 0 Å². The van der Waals surface area contributed by atoms with Crippen LogP contribution in [0.2, 0.25) is 0 Å². The summed E-state index contributed by atoms with van der Waals surface area (Å²) in [5, 5.41) is 0. The molecule has 3 nitrogen and oxygen atoms in total. The first-order valence-corrected chi connectivity index (χ1v) is 5.63. The van der Waals surface area contributed by atoms with E-state index < -0.39 is 0 Å². The summed E-state index contributed by atoms with van der Waals surface area (Å²) in [6, 6.07) is 0. The fourth-order valence-electron chi connectivity index (χ4n) is 1.19. The molecule has 0 radical (unpaired) electrons. The molecule has 0 rings (SSSR count). The van der Waals surface area contributed by atoms with Crippen molar-refractivity contribution in [1.82, 2.24) is 9.80 Å². The maximum absolute atomic E-state index is 11.6. The number of alkyl halides is 1. The first kappa shape index (κ1) is 13.7. The van der Waals surface area contributed by atoms with Crippen LogP contribution < -0.4 is 0 Å². The van der Waals surface area contributed by atoms with Gasteiger partial charge in [-0.05, 0) is 20.5 Å². The van der Waals surface area contributed by atoms with E-state index in [9.17, 15) is 4.79 Å². The molecule has 0 N–H and O–H groups in total. The van der Waals surface area contributed by atoms with Gasteiger partial charge >= 0.3 is 0 Å². The van der Waals surface area contributed by atoms with E-state index in [1.54, 1.807) is 0 Å². The fourth-order valence-corrected chi connectivity index (χ4v) is 1.35. The van der Waals surface area contributed by atoms with Crippen LogP contribution in [0.25, 0.3) is 0 Å². The summed E-state index contributed by atoms with van der Waals surface area (Å²) < 4.78 is 0. The lowest BCUT2D eigenvalue weighted by Crippen LogP contribution is -2.37. The van der Waals surface area contributed by atoms with Crippen molar-refractivity contribution in [3.05, 3.63) is 0 Å². The molecule has 0 aliphatic carbocycles. The lowest BCUT2D eigenvalue weighted by Gasteiger charge is -2.23. The van der Waals surface area contributed by atoms with Crippen LogP contribution >= 0.6 is 11.6 Å². The smallest absolute Gasteiger partial charge is 0.223 e. The lowest BCUT2D eigenvalue weighted by molar-refractivity contribution is -0.130. The van der Waals surface area contributed by atoms with Crippen LogP contribution in [0.5, 0.6) is 0 Å². The normalized spacial score (nSPS) is 10.6. The summed E-state index contributed by atoms with van der Waals surface area (Å²) in [6.07, 6.45) is 1.45. The van der Waals surface area contributed by atoms with Crippen molar-refractivity contribution in [3.63, 3.8) is 0 Å². The van der Waals surface area contributed by atoms with Crippen molar-refractivity contribution >= 4 is 17.5 Å². The first-order chi connectivity index (χ1) is 6.61. The topological polar surface area (TPSA) is 23.6 Å². The minimum absolute atomic E-state index is 0.170. The molecule has 0 saturated heterocycles. The Hall–Kier alpha value is -0.280. The van der Waals surface area contributed by atoms with Crippen molar-refractivity contribution in [2.75, 3.05) is 39.6 Å². The SMILES string of the molecule is CCCN(CCN(C)C)C(=O)CCCl. The summed E-state index contributed by atoms with van der Waals surface area (Å²) in [4.78, 5) is 15.5. The molecule has 0 fully saturated rings. The van der Waals surface area contributed by atoms with Gasteiger partial charge in [0.2, 0.25) is 5.91 Å². The standard InChI is InChI=1S/C10H21ClN2O/c1-4-7-13(9-8-12(2)3)10(14)5-6-11/h4-9H2,1-3H3. The van der Waals surface area contributed by atoms with Crippen molar-refractivity contribution < 1.29 is 4.79 Å². The van der Waals surface area contributed by atoms with E-state index in [1.807, 2.05) is 19.0 Å². The van der Waals surface area contributed by atoms with Crippen molar-refractivity contribution in [3.8, 4) is 0 Å². The maximum Gasteiger partial charge on any atom is 0.223 e. The van der Waals surface area contributed by atoms with E-state index in [0.717, 1.165) is 26.1 Å². The molecular weight excluding hydrogens is 200 g/mol. The zero-order valence-electron chi connectivity index (χ0n) is 9.42. The Morgan fingerprint density at radius 2 is 1.86 bits per heavy atom. The largest absolute Gasteiger partial charge is 0.341 e. The Morgan fingerprint density at radius 1 is 1.21 bits per heavy atom. The minimum atomic E-state index is 0.170. The van der Waals surface area contributed by atoms with E-state index in [4.69, 9.17) is 11.6 Å². The maximum atomic E-state index is 11.6. The number of carbonyl (C=O) groups is 1. The minimum Gasteiger partial charge on any atom is -0.341 e. The highest BCUT2D eigenvalue weighted by Crippen LogP contribution is 1.98. The number of likely N-dealkylation sites (N-methyl/N-ethyl adjacent to an activating group) is 1. The molecule has 4 heteroatoms. The first-order valence-electron chi connectivity index (χ1n) is 5.10. The number of amides is 1. The highest BCUT2D eigenvalue weighted by Gasteiger charge is 2.11. The molecular formula is C10H21ClN2O. The molecule has 0 bridgehead atoms. The lowest BCUT2D eigenvalue weighted by atomic mass is 10.3. The molecule has 0 aromatic heterocycles. The highest BCUT2D eigenvalue weighted by atomic mass is 35.5. The van der Waals surface area contributed by atoms with E-state index in [0.29, 0.717) is 12.3 Å². The Kier molecular flexibility index (Phi) is 7.90. The molecule has 0 aromatic rings. The summed E-state index contributed by atoms with van der Waals surface area (Å²) in [5.41, 5.74) is 0. The quantitative estimate of drug-likeness (QED) is 0.606. The Balaban J connectivity index is 3.93. The summed E-state index contributed by atoms with van der Waals surface area (Å²) in [7, 11) is 4.02. The molecule has 0 unspecified atom stereocenters. The van der Waals surface area contributed by atoms with Gasteiger partial charge in [-0.3, -0.25) is 4.79 Å². The molecule has 0 heterocycles. The zero-order chi connectivity index (χ0) is 11.0. The number of hydrogen-bond donors (Lipinski definition) is 0. The average molecular weight is 221 g/mol. The van der Waals surface area contributed by atoms with Crippen LogP contribution in [-0.4, -0.2) is 55.3 Å². The van der Waals surface area contributed by atoms with Gasteiger partial charge in [-0.25, -0.2) is 0 Å². The molecule has 0 aromatic carbocycles. The number of rotatable bonds is 7. The number of hydrogen-bond acceptors (Lipinski definition) is 2. The third kappa shape index (κ3) is 6.22. The molecule has 1 amide bonds. The second kappa shape index (κ2) is 8.06. The molecule has 0 spiro atoms. The summed E-state index contributed by atoms with van der Waals surface area (Å²) >= 11 is 5.55. The van der Waals surface area contributed by atoms with Gasteiger partial charge in [0.05, 0.1) is 0 Å². The van der Waals surface area contributed by atoms with E-state index in [2.05, 4.69) is 11.8 Å². The molecule has 0 aliphatic heterocycles. The van der Waals surface area contributed by atoms with Crippen LogP contribution in [-0.2, 0) is 4.79 Å². The van der Waals surface area contributed by atoms with Gasteiger partial charge in [-0.2, -0.15) is 0 Å². The predicted molar refractivity (Wildman–Crippen MR) is 60.8 cm³/mol. The number of carbonyl (C=O) groups excluding carboxylic acids is 1. The van der Waals surface area contributed by atoms with Gasteiger partial charge in [-0.15, -0.1) is 11.6 Å². The summed E-state index contributed by atoms with van der Waals surface area (Å²) in [5.74, 6) is 0.588. The number of nitrogens with zero attached hydrogens (tertiary/aromatic N) is 2. The average Bonchev–Trinajstić information content (AvgIpc) is 2.12. The number of halogens is 1. The van der Waals surface area contributed by atoms with Crippen LogP contribution in [0, 0.1) is 0 Å². The van der Waals surface area contributed by atoms with Crippen molar-refractivity contribution in [1.29, 1.82) is 0 Å². The monoisotopic (exact) mass is 220 g/mol. The molecule has 84 valence electrons. The van der Waals surface area contributed by atoms with E-state index in [1.165, 1.54) is 0 Å². The van der Waals surface area contributed by atoms with Crippen LogP contribution in [0.4, 0.5) is 0 Å². The molecule has 0 aliphatic rings. The Morgan fingerprint density at radius 3 is 2.29 bits per heavy atom. The third-order valence-corrected chi connectivity index (χ3v) is 2.16. The van der Waals surface area contributed by atoms with Crippen molar-refractivity contribution in [2.24, 2.45) is 0 Å². The Bertz CT molecular complexity index is 162. The molecule has 0 atom stereocenters. The second-order valence-corrected chi connectivity index (χ2v) is 4.00. The van der Waals surface area contributed by atoms with Gasteiger partial charge in [0.1, 0.15) is 0 Å². The molecule has 14 heavy (non-hydrogen) atoms. The fraction of sp³-hybridized carbons (Fsp3) is 0.900. The zero-order valence-corrected chi connectivity index (χ0v) is 10.2. The Labute approximate surface area is 92.0 Å². The van der Waals surface area contributed by atoms with Crippen molar-refractivity contribution in [2.45, 2.75) is 19.8 Å². The predicted octanol–water partition coefficient (Wildman–Crippen LogP) is 1.42. The van der Waals surface area contributed by atoms with E-state index in [-0.39, 0.29) is 5.91 Å². The highest BCUT2D eigenvalue weighted by molar-refractivity contribution is 6.18. The van der Waals surface area contributed by atoms with Gasteiger partial charge in [0.25, 0.3) is 0 Å². The second-order valence-electron chi connectivity index (χ2n) is 3.62. The van der Waals surface area contributed by atoms with Crippen LogP contribution in [0.3, 0.4) is 0 Å². The van der Waals surface area contributed by atoms with Gasteiger partial charge in [-0.1, -0.05) is 6.92 Å².